The Morgan fingerprint density at radius 3 is 2.45 bits per heavy atom. The Balaban J connectivity index is 1.34. The molecule has 0 radical (unpaired) electrons. The summed E-state index contributed by atoms with van der Waals surface area (Å²) >= 11 is 0. The first kappa shape index (κ1) is 19.7. The molecule has 1 amide bonds. The van der Waals surface area contributed by atoms with Gasteiger partial charge in [0.25, 0.3) is 5.91 Å². The van der Waals surface area contributed by atoms with Gasteiger partial charge in [0.1, 0.15) is 5.69 Å². The summed E-state index contributed by atoms with van der Waals surface area (Å²) in [5, 5.41) is 1.05. The minimum Gasteiger partial charge on any atom is -0.351 e. The Labute approximate surface area is 180 Å². The number of amides is 1. The molecule has 3 heterocycles. The number of carbonyl (C=O) groups excluding carboxylic acids is 1. The second-order valence-electron chi connectivity index (χ2n) is 9.58. The summed E-state index contributed by atoms with van der Waals surface area (Å²) in [7, 11) is 0. The molecule has 1 aliphatic heterocycles. The normalized spacial score (nSPS) is 15.8. The van der Waals surface area contributed by atoms with E-state index in [4.69, 9.17) is 0 Å². The predicted molar refractivity (Wildman–Crippen MR) is 124 cm³/mol. The van der Waals surface area contributed by atoms with Crippen molar-refractivity contribution in [3.8, 4) is 0 Å². The van der Waals surface area contributed by atoms with Gasteiger partial charge in [-0.3, -0.25) is 9.36 Å². The molecule has 0 unspecified atom stereocenters. The van der Waals surface area contributed by atoms with Crippen molar-refractivity contribution in [1.29, 1.82) is 0 Å². The molecule has 1 saturated heterocycles. The van der Waals surface area contributed by atoms with Crippen LogP contribution in [0.4, 0.5) is 0 Å². The lowest BCUT2D eigenvalue weighted by Crippen LogP contribution is -2.40. The second kappa shape index (κ2) is 7.15. The van der Waals surface area contributed by atoms with Crippen LogP contribution in [0, 0.1) is 0 Å². The van der Waals surface area contributed by atoms with Gasteiger partial charge in [-0.1, -0.05) is 45.0 Å². The van der Waals surface area contributed by atoms with Crippen LogP contribution in [0.2, 0.25) is 0 Å². The summed E-state index contributed by atoms with van der Waals surface area (Å²) in [4.78, 5) is 33.8. The zero-order valence-electron chi connectivity index (χ0n) is 18.2. The third kappa shape index (κ3) is 3.46. The minimum atomic E-state index is -0.0729. The highest BCUT2D eigenvalue weighted by Crippen LogP contribution is 2.28. The van der Waals surface area contributed by atoms with E-state index in [1.807, 2.05) is 39.8 Å². The zero-order chi connectivity index (χ0) is 21.8. The number of aromatic amines is 2. The molecule has 160 valence electrons. The van der Waals surface area contributed by atoms with Crippen molar-refractivity contribution in [3.63, 3.8) is 0 Å². The smallest absolute Gasteiger partial charge is 0.326 e. The average Bonchev–Trinajstić information content (AvgIpc) is 3.32. The van der Waals surface area contributed by atoms with Gasteiger partial charge in [0.2, 0.25) is 0 Å². The number of hydrogen-bond acceptors (Lipinski definition) is 2. The molecular weight excluding hydrogens is 388 g/mol. The lowest BCUT2D eigenvalue weighted by molar-refractivity contribution is 0.0690. The van der Waals surface area contributed by atoms with Gasteiger partial charge >= 0.3 is 5.69 Å². The van der Waals surface area contributed by atoms with Crippen LogP contribution < -0.4 is 5.69 Å². The fraction of sp³-hybridized carbons (Fsp3) is 0.360. The maximum absolute atomic E-state index is 13.1. The fourth-order valence-electron chi connectivity index (χ4n) is 4.64. The van der Waals surface area contributed by atoms with Crippen LogP contribution >= 0.6 is 0 Å². The third-order valence-corrected chi connectivity index (χ3v) is 6.46. The molecule has 2 N–H and O–H groups in total. The summed E-state index contributed by atoms with van der Waals surface area (Å²) in [6.45, 7) is 7.83. The van der Waals surface area contributed by atoms with Crippen molar-refractivity contribution in [1.82, 2.24) is 19.4 Å². The first-order valence-corrected chi connectivity index (χ1v) is 10.9. The number of nitrogens with one attached hydrogen (secondary N) is 2. The lowest BCUT2D eigenvalue weighted by atomic mass is 9.87. The molecule has 5 rings (SSSR count). The molecule has 0 spiro atoms. The molecule has 0 aliphatic carbocycles. The molecule has 6 heteroatoms. The van der Waals surface area contributed by atoms with E-state index in [9.17, 15) is 9.59 Å². The van der Waals surface area contributed by atoms with Crippen molar-refractivity contribution in [2.24, 2.45) is 0 Å². The molecule has 2 aromatic heterocycles. The van der Waals surface area contributed by atoms with Crippen LogP contribution in [-0.2, 0) is 5.41 Å². The summed E-state index contributed by atoms with van der Waals surface area (Å²) in [6.07, 6.45) is 1.53. The number of imidazole rings is 1. The van der Waals surface area contributed by atoms with E-state index in [1.165, 1.54) is 5.56 Å². The number of likely N-dealkylation sites (tertiary alicyclic amines) is 1. The van der Waals surface area contributed by atoms with E-state index in [-0.39, 0.29) is 23.1 Å². The molecule has 1 fully saturated rings. The molecule has 2 aromatic carbocycles. The van der Waals surface area contributed by atoms with E-state index in [2.05, 4.69) is 48.9 Å². The number of carbonyl (C=O) groups is 1. The van der Waals surface area contributed by atoms with Gasteiger partial charge in [-0.15, -0.1) is 0 Å². The highest BCUT2D eigenvalue weighted by Gasteiger charge is 2.27. The monoisotopic (exact) mass is 416 g/mol. The van der Waals surface area contributed by atoms with Crippen LogP contribution in [0.3, 0.4) is 0 Å². The number of fused-ring (bicyclic) bond motifs is 2. The van der Waals surface area contributed by atoms with Crippen LogP contribution in [0.15, 0.2) is 53.3 Å². The zero-order valence-corrected chi connectivity index (χ0v) is 18.2. The van der Waals surface area contributed by atoms with Gasteiger partial charge in [0.15, 0.2) is 0 Å². The van der Waals surface area contributed by atoms with E-state index in [0.29, 0.717) is 18.8 Å². The quantitative estimate of drug-likeness (QED) is 0.502. The van der Waals surface area contributed by atoms with Crippen LogP contribution in [0.5, 0.6) is 0 Å². The van der Waals surface area contributed by atoms with Crippen LogP contribution in [-0.4, -0.2) is 38.4 Å². The number of rotatable bonds is 2. The van der Waals surface area contributed by atoms with Gasteiger partial charge in [0.05, 0.1) is 11.0 Å². The van der Waals surface area contributed by atoms with Crippen molar-refractivity contribution in [2.75, 3.05) is 13.1 Å². The van der Waals surface area contributed by atoms with Crippen molar-refractivity contribution < 1.29 is 4.79 Å². The van der Waals surface area contributed by atoms with Gasteiger partial charge < -0.3 is 14.9 Å². The average molecular weight is 417 g/mol. The molecule has 0 saturated carbocycles. The number of benzene rings is 2. The Bertz CT molecular complexity index is 1330. The van der Waals surface area contributed by atoms with E-state index >= 15 is 0 Å². The maximum Gasteiger partial charge on any atom is 0.326 e. The first-order valence-electron chi connectivity index (χ1n) is 10.9. The van der Waals surface area contributed by atoms with E-state index in [0.717, 1.165) is 34.8 Å². The summed E-state index contributed by atoms with van der Waals surface area (Å²) in [5.74, 6) is 0.0261. The largest absolute Gasteiger partial charge is 0.351 e. The predicted octanol–water partition coefficient (Wildman–Crippen LogP) is 4.59. The first-order chi connectivity index (χ1) is 14.8. The van der Waals surface area contributed by atoms with Gasteiger partial charge in [-0.05, 0) is 48.1 Å². The fourth-order valence-corrected chi connectivity index (χ4v) is 4.64. The molecule has 0 bridgehead atoms. The number of para-hydroxylation sites is 2. The lowest BCUT2D eigenvalue weighted by Gasteiger charge is -2.32. The van der Waals surface area contributed by atoms with E-state index < -0.39 is 0 Å². The number of piperidine rings is 1. The minimum absolute atomic E-state index is 0.0261. The van der Waals surface area contributed by atoms with Gasteiger partial charge in [-0.25, -0.2) is 4.79 Å². The maximum atomic E-state index is 13.1. The Morgan fingerprint density at radius 1 is 0.968 bits per heavy atom. The van der Waals surface area contributed by atoms with E-state index in [1.54, 1.807) is 0 Å². The SMILES string of the molecule is CC(C)(C)c1ccc2cc(C(=O)N3CCC(n4c(=O)[nH]c5ccccc54)CC3)[nH]c2c1. The molecule has 4 aromatic rings. The van der Waals surface area contributed by atoms with Gasteiger partial charge in [0, 0.05) is 30.0 Å². The summed E-state index contributed by atoms with van der Waals surface area (Å²) < 4.78 is 1.86. The molecule has 0 atom stereocenters. The third-order valence-electron chi connectivity index (χ3n) is 6.46. The van der Waals surface area contributed by atoms with Crippen LogP contribution in [0.1, 0.15) is 55.7 Å². The summed E-state index contributed by atoms with van der Waals surface area (Å²) in [5.41, 5.74) is 4.65. The summed E-state index contributed by atoms with van der Waals surface area (Å²) in [6, 6.07) is 16.2. The Kier molecular flexibility index (Phi) is 4.54. The standard InChI is InChI=1S/C25H28N4O2/c1-25(2,3)17-9-8-16-14-21(26-20(16)15-17)23(30)28-12-10-18(11-13-28)29-22-7-5-4-6-19(22)27-24(29)31/h4-9,14-15,18,26H,10-13H2,1-3H3,(H,27,31). The molecule has 31 heavy (non-hydrogen) atoms. The number of aromatic nitrogens is 3. The number of H-pyrrole nitrogens is 2. The van der Waals surface area contributed by atoms with Crippen molar-refractivity contribution >= 4 is 27.8 Å². The van der Waals surface area contributed by atoms with Crippen LogP contribution in [0.25, 0.3) is 21.9 Å². The van der Waals surface area contributed by atoms with Crippen molar-refractivity contribution in [2.45, 2.75) is 45.1 Å². The highest BCUT2D eigenvalue weighted by molar-refractivity contribution is 5.98. The molecule has 6 nitrogen and oxygen atoms in total. The molecular formula is C25H28N4O2. The topological polar surface area (TPSA) is 73.9 Å². The second-order valence-corrected chi connectivity index (χ2v) is 9.58. The highest BCUT2D eigenvalue weighted by atomic mass is 16.2. The molecule has 1 aliphatic rings. The Hall–Kier alpha value is -3.28. The Morgan fingerprint density at radius 2 is 1.71 bits per heavy atom. The number of nitrogens with zero attached hydrogens (tertiary/aromatic N) is 2. The van der Waals surface area contributed by atoms with Crippen molar-refractivity contribution in [3.05, 3.63) is 70.3 Å². The van der Waals surface area contributed by atoms with Gasteiger partial charge in [-0.2, -0.15) is 0 Å². The number of hydrogen-bond donors (Lipinski definition) is 2.